The van der Waals surface area contributed by atoms with Gasteiger partial charge in [0.05, 0.1) is 5.69 Å². The number of carbonyl (C=O) groups excluding carboxylic acids is 2. The Hall–Kier alpha value is -3.92. The lowest BCUT2D eigenvalue weighted by Crippen LogP contribution is -2.22. The molecule has 0 fully saturated rings. The van der Waals surface area contributed by atoms with Gasteiger partial charge in [0.25, 0.3) is 11.8 Å². The van der Waals surface area contributed by atoms with Crippen molar-refractivity contribution in [1.82, 2.24) is 30.9 Å². The van der Waals surface area contributed by atoms with Crippen LogP contribution in [0.15, 0.2) is 54.6 Å². The number of aromatic nitrogens is 5. The second-order valence-electron chi connectivity index (χ2n) is 6.37. The van der Waals surface area contributed by atoms with Crippen LogP contribution in [0.1, 0.15) is 31.3 Å². The van der Waals surface area contributed by atoms with E-state index in [-0.39, 0.29) is 11.8 Å². The fourth-order valence-corrected chi connectivity index (χ4v) is 3.62. The summed E-state index contributed by atoms with van der Waals surface area (Å²) < 4.78 is 0. The average Bonchev–Trinajstić information content (AvgIpc) is 3.43. The highest BCUT2D eigenvalue weighted by molar-refractivity contribution is 7.17. The topological polar surface area (TPSA) is 126 Å². The van der Waals surface area contributed by atoms with Gasteiger partial charge in [0.1, 0.15) is 4.88 Å². The van der Waals surface area contributed by atoms with Crippen LogP contribution in [0, 0.1) is 6.92 Å². The van der Waals surface area contributed by atoms with Gasteiger partial charge in [-0.1, -0.05) is 53.8 Å². The minimum Gasteiger partial charge on any atom is -0.347 e. The van der Waals surface area contributed by atoms with Crippen LogP contribution in [0.5, 0.6) is 0 Å². The number of hydrogen-bond acceptors (Lipinski definition) is 7. The van der Waals surface area contributed by atoms with Gasteiger partial charge in [-0.2, -0.15) is 5.21 Å². The molecule has 0 aliphatic carbocycles. The molecular weight excluding hydrogens is 402 g/mol. The third-order valence-electron chi connectivity index (χ3n) is 4.27. The van der Waals surface area contributed by atoms with E-state index in [0.29, 0.717) is 33.6 Å². The SMILES string of the molecule is Cc1nc(NC(=O)c2ccc(-c3nn[nH]n3)cc2)sc1C(=O)NCc1ccccc1. The van der Waals surface area contributed by atoms with Crippen molar-refractivity contribution in [3.63, 3.8) is 0 Å². The van der Waals surface area contributed by atoms with Crippen molar-refractivity contribution >= 4 is 28.3 Å². The minimum absolute atomic E-state index is 0.223. The van der Waals surface area contributed by atoms with Crippen LogP contribution in [0.3, 0.4) is 0 Å². The smallest absolute Gasteiger partial charge is 0.263 e. The van der Waals surface area contributed by atoms with Gasteiger partial charge in [0.2, 0.25) is 5.82 Å². The van der Waals surface area contributed by atoms with Crippen molar-refractivity contribution < 1.29 is 9.59 Å². The van der Waals surface area contributed by atoms with E-state index in [4.69, 9.17) is 0 Å². The lowest BCUT2D eigenvalue weighted by atomic mass is 10.1. The molecule has 10 heteroatoms. The van der Waals surface area contributed by atoms with Crippen molar-refractivity contribution in [2.45, 2.75) is 13.5 Å². The van der Waals surface area contributed by atoms with Gasteiger partial charge in [-0.15, -0.1) is 10.2 Å². The molecule has 4 aromatic rings. The van der Waals surface area contributed by atoms with E-state index in [2.05, 4.69) is 36.2 Å². The molecule has 150 valence electrons. The van der Waals surface area contributed by atoms with Gasteiger partial charge in [-0.05, 0) is 29.8 Å². The van der Waals surface area contributed by atoms with Crippen LogP contribution in [-0.2, 0) is 6.54 Å². The van der Waals surface area contributed by atoms with Crippen LogP contribution in [-0.4, -0.2) is 37.4 Å². The summed E-state index contributed by atoms with van der Waals surface area (Å²) in [5.41, 5.74) is 2.76. The first-order valence-corrected chi connectivity index (χ1v) is 9.86. The van der Waals surface area contributed by atoms with Crippen LogP contribution in [0.2, 0.25) is 0 Å². The zero-order chi connectivity index (χ0) is 20.9. The number of benzene rings is 2. The molecule has 2 aromatic heterocycles. The number of amides is 2. The highest BCUT2D eigenvalue weighted by atomic mass is 32.1. The number of thiazole rings is 1. The van der Waals surface area contributed by atoms with Crippen LogP contribution in [0.25, 0.3) is 11.4 Å². The zero-order valence-electron chi connectivity index (χ0n) is 15.9. The molecule has 0 saturated heterocycles. The molecule has 0 aliphatic heterocycles. The van der Waals surface area contributed by atoms with E-state index in [0.717, 1.165) is 22.5 Å². The first-order valence-electron chi connectivity index (χ1n) is 9.05. The summed E-state index contributed by atoms with van der Waals surface area (Å²) in [7, 11) is 0. The molecule has 0 spiro atoms. The van der Waals surface area contributed by atoms with Gasteiger partial charge in [-0.25, -0.2) is 4.98 Å². The van der Waals surface area contributed by atoms with E-state index in [1.807, 2.05) is 30.3 Å². The van der Waals surface area contributed by atoms with Crippen molar-refractivity contribution in [2.75, 3.05) is 5.32 Å². The predicted molar refractivity (Wildman–Crippen MR) is 112 cm³/mol. The number of aromatic amines is 1. The van der Waals surface area contributed by atoms with E-state index in [1.165, 1.54) is 0 Å². The number of aryl methyl sites for hydroxylation is 1. The monoisotopic (exact) mass is 419 g/mol. The minimum atomic E-state index is -0.320. The molecule has 2 aromatic carbocycles. The van der Waals surface area contributed by atoms with Gasteiger partial charge in [-0.3, -0.25) is 14.9 Å². The largest absolute Gasteiger partial charge is 0.347 e. The third kappa shape index (κ3) is 4.39. The van der Waals surface area contributed by atoms with E-state index < -0.39 is 0 Å². The Labute approximate surface area is 175 Å². The second-order valence-corrected chi connectivity index (χ2v) is 7.37. The molecule has 2 heterocycles. The van der Waals surface area contributed by atoms with Gasteiger partial charge >= 0.3 is 0 Å². The van der Waals surface area contributed by atoms with Crippen molar-refractivity contribution in [3.05, 3.63) is 76.3 Å². The standard InChI is InChI=1S/C20H17N7O2S/c1-12-16(19(29)21-11-13-5-3-2-4-6-13)30-20(22-12)23-18(28)15-9-7-14(8-10-15)17-24-26-27-25-17/h2-10H,11H2,1H3,(H,21,29)(H,22,23,28)(H,24,25,26,27). The van der Waals surface area contributed by atoms with Gasteiger partial charge in [0, 0.05) is 17.7 Å². The lowest BCUT2D eigenvalue weighted by molar-refractivity contribution is 0.0953. The van der Waals surface area contributed by atoms with E-state index in [9.17, 15) is 9.59 Å². The molecule has 30 heavy (non-hydrogen) atoms. The number of nitrogens with one attached hydrogen (secondary N) is 3. The van der Waals surface area contributed by atoms with Crippen molar-refractivity contribution in [3.8, 4) is 11.4 Å². The Morgan fingerprint density at radius 3 is 2.50 bits per heavy atom. The van der Waals surface area contributed by atoms with Gasteiger partial charge < -0.3 is 5.32 Å². The Balaban J connectivity index is 1.40. The normalized spacial score (nSPS) is 10.6. The maximum Gasteiger partial charge on any atom is 0.263 e. The molecule has 3 N–H and O–H groups in total. The molecule has 0 unspecified atom stereocenters. The highest BCUT2D eigenvalue weighted by Crippen LogP contribution is 2.23. The van der Waals surface area contributed by atoms with Crippen molar-refractivity contribution in [1.29, 1.82) is 0 Å². The Kier molecular flexibility index (Phi) is 5.57. The number of carbonyl (C=O) groups is 2. The van der Waals surface area contributed by atoms with Crippen molar-refractivity contribution in [2.24, 2.45) is 0 Å². The number of nitrogens with zero attached hydrogens (tertiary/aromatic N) is 4. The van der Waals surface area contributed by atoms with E-state index >= 15 is 0 Å². The summed E-state index contributed by atoms with van der Waals surface area (Å²) >= 11 is 1.14. The number of tetrazole rings is 1. The third-order valence-corrected chi connectivity index (χ3v) is 5.34. The zero-order valence-corrected chi connectivity index (χ0v) is 16.7. The van der Waals surface area contributed by atoms with Crippen LogP contribution >= 0.6 is 11.3 Å². The summed E-state index contributed by atoms with van der Waals surface area (Å²) in [4.78, 5) is 29.8. The summed E-state index contributed by atoms with van der Waals surface area (Å²) in [6.45, 7) is 2.16. The molecule has 0 saturated carbocycles. The quantitative estimate of drug-likeness (QED) is 0.441. The van der Waals surface area contributed by atoms with Crippen LogP contribution < -0.4 is 10.6 Å². The second kappa shape index (κ2) is 8.62. The van der Waals surface area contributed by atoms with E-state index in [1.54, 1.807) is 31.2 Å². The molecule has 0 bridgehead atoms. The Bertz CT molecular complexity index is 1160. The fourth-order valence-electron chi connectivity index (χ4n) is 2.74. The summed E-state index contributed by atoms with van der Waals surface area (Å²) in [5.74, 6) is -0.0952. The molecule has 9 nitrogen and oxygen atoms in total. The molecule has 0 aliphatic rings. The fraction of sp³-hybridized carbons (Fsp3) is 0.100. The summed E-state index contributed by atoms with van der Waals surface area (Å²) in [5, 5.41) is 19.7. The number of hydrogen-bond donors (Lipinski definition) is 3. The lowest BCUT2D eigenvalue weighted by Gasteiger charge is -2.04. The molecular formula is C20H17N7O2S. The average molecular weight is 419 g/mol. The maximum atomic E-state index is 12.5. The first-order chi connectivity index (χ1) is 14.6. The predicted octanol–water partition coefficient (Wildman–Crippen LogP) is 2.81. The Morgan fingerprint density at radius 1 is 1.03 bits per heavy atom. The number of rotatable bonds is 6. The number of anilines is 1. The highest BCUT2D eigenvalue weighted by Gasteiger charge is 2.17. The summed E-state index contributed by atoms with van der Waals surface area (Å²) in [6.07, 6.45) is 0. The molecule has 4 rings (SSSR count). The van der Waals surface area contributed by atoms with Gasteiger partial charge in [0.15, 0.2) is 5.13 Å². The Morgan fingerprint density at radius 2 is 1.80 bits per heavy atom. The number of H-pyrrole nitrogens is 1. The summed E-state index contributed by atoms with van der Waals surface area (Å²) in [6, 6.07) is 16.4. The molecule has 2 amide bonds. The first kappa shape index (κ1) is 19.4. The van der Waals surface area contributed by atoms with Crippen LogP contribution in [0.4, 0.5) is 5.13 Å². The molecule has 0 radical (unpaired) electrons. The maximum absolute atomic E-state index is 12.5. The molecule has 0 atom stereocenters.